The zero-order chi connectivity index (χ0) is 16.2. The first kappa shape index (κ1) is 18.1. The van der Waals surface area contributed by atoms with Crippen molar-refractivity contribution in [3.8, 4) is 0 Å². The third-order valence-corrected chi connectivity index (χ3v) is 6.89. The highest BCUT2D eigenvalue weighted by Gasteiger charge is 2.32. The van der Waals surface area contributed by atoms with Gasteiger partial charge in [0.1, 0.15) is 0 Å². The monoisotopic (exact) mass is 333 g/mol. The first-order chi connectivity index (χ1) is 10.4. The van der Waals surface area contributed by atoms with Crippen LogP contribution in [0.25, 0.3) is 0 Å². The Morgan fingerprint density at radius 1 is 1.14 bits per heavy atom. The van der Waals surface area contributed by atoms with Crippen molar-refractivity contribution in [3.05, 3.63) is 0 Å². The average molecular weight is 333 g/mol. The van der Waals surface area contributed by atoms with E-state index in [0.717, 1.165) is 45.4 Å². The molecule has 1 atom stereocenters. The number of methoxy groups -OCH3 is 1. The number of hydrogen-bond acceptors (Lipinski definition) is 4. The molecule has 0 bridgehead atoms. The number of ether oxygens (including phenoxy) is 1. The molecule has 0 amide bonds. The van der Waals surface area contributed by atoms with Crippen molar-refractivity contribution < 1.29 is 13.2 Å². The molecule has 2 aliphatic heterocycles. The smallest absolute Gasteiger partial charge is 0.281 e. The van der Waals surface area contributed by atoms with Crippen LogP contribution in [0.15, 0.2) is 0 Å². The molecule has 0 spiro atoms. The van der Waals surface area contributed by atoms with Crippen molar-refractivity contribution in [2.24, 2.45) is 11.8 Å². The molecule has 0 N–H and O–H groups in total. The Bertz CT molecular complexity index is 435. The van der Waals surface area contributed by atoms with Gasteiger partial charge in [0.05, 0.1) is 0 Å². The van der Waals surface area contributed by atoms with Gasteiger partial charge in [0.2, 0.25) is 0 Å². The van der Waals surface area contributed by atoms with Gasteiger partial charge in [-0.1, -0.05) is 0 Å². The van der Waals surface area contributed by atoms with Crippen LogP contribution in [0.3, 0.4) is 0 Å². The van der Waals surface area contributed by atoms with Crippen LogP contribution in [-0.2, 0) is 14.9 Å². The summed E-state index contributed by atoms with van der Waals surface area (Å²) in [7, 11) is 2.24. The predicted molar refractivity (Wildman–Crippen MR) is 87.9 cm³/mol. The second-order valence-corrected chi connectivity index (χ2v) is 8.89. The van der Waals surface area contributed by atoms with E-state index in [2.05, 4.69) is 11.9 Å². The van der Waals surface area contributed by atoms with Crippen molar-refractivity contribution in [1.29, 1.82) is 0 Å². The summed E-state index contributed by atoms with van der Waals surface area (Å²) in [6, 6.07) is 0. The lowest BCUT2D eigenvalue weighted by Crippen LogP contribution is -2.48. The highest BCUT2D eigenvalue weighted by Crippen LogP contribution is 2.23. The second kappa shape index (κ2) is 8.06. The van der Waals surface area contributed by atoms with Crippen LogP contribution in [0.4, 0.5) is 0 Å². The van der Waals surface area contributed by atoms with Crippen molar-refractivity contribution >= 4 is 10.2 Å². The Hall–Kier alpha value is -0.210. The van der Waals surface area contributed by atoms with Crippen LogP contribution >= 0.6 is 0 Å². The van der Waals surface area contributed by atoms with Crippen molar-refractivity contribution in [1.82, 2.24) is 13.5 Å². The molecule has 7 heteroatoms. The standard InChI is InChI=1S/C15H31N3O3S/c1-16-8-4-5-15(11-16)12-17(2)22(19,20)18-9-6-14(7-10-18)13-21-3/h14-15H,4-13H2,1-3H3. The fourth-order valence-corrected chi connectivity index (χ4v) is 5.09. The molecular formula is C15H31N3O3S. The molecule has 0 aromatic heterocycles. The summed E-state index contributed by atoms with van der Waals surface area (Å²) in [6.07, 6.45) is 4.08. The fraction of sp³-hybridized carbons (Fsp3) is 1.00. The first-order valence-electron chi connectivity index (χ1n) is 8.32. The van der Waals surface area contributed by atoms with E-state index in [1.54, 1.807) is 22.8 Å². The van der Waals surface area contributed by atoms with E-state index in [9.17, 15) is 8.42 Å². The van der Waals surface area contributed by atoms with Gasteiger partial charge >= 0.3 is 0 Å². The predicted octanol–water partition coefficient (Wildman–Crippen LogP) is 0.863. The average Bonchev–Trinajstić information content (AvgIpc) is 2.48. The zero-order valence-corrected chi connectivity index (χ0v) is 15.0. The van der Waals surface area contributed by atoms with Crippen molar-refractivity contribution in [3.63, 3.8) is 0 Å². The molecule has 2 aliphatic rings. The number of piperidine rings is 2. The topological polar surface area (TPSA) is 53.1 Å². The van der Waals surface area contributed by atoms with Crippen LogP contribution in [0.2, 0.25) is 0 Å². The zero-order valence-electron chi connectivity index (χ0n) is 14.2. The maximum Gasteiger partial charge on any atom is 0.281 e. The van der Waals surface area contributed by atoms with Gasteiger partial charge in [-0.3, -0.25) is 0 Å². The molecule has 0 radical (unpaired) electrons. The number of rotatable bonds is 6. The summed E-state index contributed by atoms with van der Waals surface area (Å²) in [5, 5.41) is 0. The number of nitrogens with zero attached hydrogens (tertiary/aromatic N) is 3. The second-order valence-electron chi connectivity index (χ2n) is 6.86. The molecule has 0 aromatic carbocycles. The Labute approximate surface area is 135 Å². The Kier molecular flexibility index (Phi) is 6.64. The summed E-state index contributed by atoms with van der Waals surface area (Å²) in [5.41, 5.74) is 0. The van der Waals surface area contributed by atoms with Gasteiger partial charge in [0, 0.05) is 46.9 Å². The van der Waals surface area contributed by atoms with Gasteiger partial charge in [-0.2, -0.15) is 17.0 Å². The van der Waals surface area contributed by atoms with Crippen LogP contribution < -0.4 is 0 Å². The largest absolute Gasteiger partial charge is 0.384 e. The first-order valence-corrected chi connectivity index (χ1v) is 9.72. The molecule has 0 aromatic rings. The lowest BCUT2D eigenvalue weighted by molar-refractivity contribution is 0.119. The lowest BCUT2D eigenvalue weighted by atomic mass is 9.99. The van der Waals surface area contributed by atoms with Gasteiger partial charge in [-0.05, 0) is 51.1 Å². The minimum Gasteiger partial charge on any atom is -0.384 e. The maximum atomic E-state index is 12.7. The van der Waals surface area contributed by atoms with Gasteiger partial charge in [-0.25, -0.2) is 0 Å². The molecule has 22 heavy (non-hydrogen) atoms. The summed E-state index contributed by atoms with van der Waals surface area (Å²) in [5.74, 6) is 0.943. The fourth-order valence-electron chi connectivity index (χ4n) is 3.62. The molecule has 2 rings (SSSR count). The van der Waals surface area contributed by atoms with Gasteiger partial charge in [0.25, 0.3) is 10.2 Å². The van der Waals surface area contributed by atoms with E-state index in [0.29, 0.717) is 31.5 Å². The van der Waals surface area contributed by atoms with Crippen LogP contribution in [-0.4, -0.2) is 82.5 Å². The van der Waals surface area contributed by atoms with E-state index in [4.69, 9.17) is 4.74 Å². The highest BCUT2D eigenvalue weighted by atomic mass is 32.2. The molecule has 2 heterocycles. The SMILES string of the molecule is COCC1CCN(S(=O)(=O)N(C)CC2CCCN(C)C2)CC1. The van der Waals surface area contributed by atoms with Crippen molar-refractivity contribution in [2.45, 2.75) is 25.7 Å². The van der Waals surface area contributed by atoms with E-state index >= 15 is 0 Å². The molecule has 0 aliphatic carbocycles. The number of hydrogen-bond donors (Lipinski definition) is 0. The molecule has 6 nitrogen and oxygen atoms in total. The molecular weight excluding hydrogens is 302 g/mol. The van der Waals surface area contributed by atoms with Gasteiger partial charge in [-0.15, -0.1) is 0 Å². The van der Waals surface area contributed by atoms with Crippen LogP contribution in [0.1, 0.15) is 25.7 Å². The molecule has 0 saturated carbocycles. The Morgan fingerprint density at radius 2 is 1.82 bits per heavy atom. The Morgan fingerprint density at radius 3 is 2.41 bits per heavy atom. The molecule has 130 valence electrons. The van der Waals surface area contributed by atoms with Crippen molar-refractivity contribution in [2.75, 3.05) is 60.5 Å². The summed E-state index contributed by atoms with van der Waals surface area (Å²) in [4.78, 5) is 2.30. The molecule has 2 saturated heterocycles. The Balaban J connectivity index is 1.86. The van der Waals surface area contributed by atoms with E-state index in [1.807, 2.05) is 0 Å². The van der Waals surface area contributed by atoms with Gasteiger partial charge in [0.15, 0.2) is 0 Å². The molecule has 2 fully saturated rings. The summed E-state index contributed by atoms with van der Waals surface area (Å²) in [6.45, 7) is 4.72. The van der Waals surface area contributed by atoms with E-state index in [-0.39, 0.29) is 0 Å². The van der Waals surface area contributed by atoms with Gasteiger partial charge < -0.3 is 9.64 Å². The third-order valence-electron chi connectivity index (χ3n) is 4.93. The lowest BCUT2D eigenvalue weighted by Gasteiger charge is -2.36. The third kappa shape index (κ3) is 4.64. The maximum absolute atomic E-state index is 12.7. The van der Waals surface area contributed by atoms with E-state index in [1.165, 1.54) is 0 Å². The minimum absolute atomic E-state index is 0.449. The highest BCUT2D eigenvalue weighted by molar-refractivity contribution is 7.86. The van der Waals surface area contributed by atoms with E-state index < -0.39 is 10.2 Å². The van der Waals surface area contributed by atoms with Crippen LogP contribution in [0, 0.1) is 11.8 Å². The normalized spacial score (nSPS) is 26.6. The number of likely N-dealkylation sites (tertiary alicyclic amines) is 1. The van der Waals surface area contributed by atoms with Crippen LogP contribution in [0.5, 0.6) is 0 Å². The summed E-state index contributed by atoms with van der Waals surface area (Å²) >= 11 is 0. The quantitative estimate of drug-likeness (QED) is 0.724. The molecule has 1 unspecified atom stereocenters. The minimum atomic E-state index is -3.31. The summed E-state index contributed by atoms with van der Waals surface area (Å²) < 4.78 is 33.8.